The molecule has 0 aromatic carbocycles. The van der Waals surface area contributed by atoms with Crippen LogP contribution in [0.3, 0.4) is 0 Å². The minimum atomic E-state index is 0.0858. The second-order valence-corrected chi connectivity index (χ2v) is 4.18. The van der Waals surface area contributed by atoms with Gasteiger partial charge in [-0.05, 0) is 20.8 Å². The molecular weight excluding hydrogens is 232 g/mol. The summed E-state index contributed by atoms with van der Waals surface area (Å²) in [4.78, 5) is 8.55. The Morgan fingerprint density at radius 3 is 2.89 bits per heavy atom. The van der Waals surface area contributed by atoms with Gasteiger partial charge in [-0.3, -0.25) is 0 Å². The Morgan fingerprint density at radius 1 is 1.39 bits per heavy atom. The van der Waals surface area contributed by atoms with Crippen molar-refractivity contribution in [3.05, 3.63) is 29.8 Å². The number of hydrogen-bond acceptors (Lipinski definition) is 6. The fraction of sp³-hybridized carbons (Fsp3) is 0.417. The van der Waals surface area contributed by atoms with Crippen LogP contribution in [-0.4, -0.2) is 21.2 Å². The maximum absolute atomic E-state index is 5.55. The predicted octanol–water partition coefficient (Wildman–Crippen LogP) is 2.17. The van der Waals surface area contributed by atoms with Gasteiger partial charge in [0.15, 0.2) is 0 Å². The van der Waals surface area contributed by atoms with Gasteiger partial charge in [0.25, 0.3) is 0 Å². The molecule has 0 aliphatic rings. The van der Waals surface area contributed by atoms with Gasteiger partial charge < -0.3 is 14.6 Å². The third-order valence-corrected chi connectivity index (χ3v) is 2.11. The van der Waals surface area contributed by atoms with E-state index in [1.807, 2.05) is 20.8 Å². The summed E-state index contributed by atoms with van der Waals surface area (Å²) >= 11 is 0. The first-order chi connectivity index (χ1) is 8.63. The highest BCUT2D eigenvalue weighted by molar-refractivity contribution is 5.31. The van der Waals surface area contributed by atoms with Crippen LogP contribution in [0.5, 0.6) is 5.88 Å². The van der Waals surface area contributed by atoms with Crippen LogP contribution in [0.15, 0.2) is 22.9 Å². The van der Waals surface area contributed by atoms with Crippen molar-refractivity contribution in [3.8, 4) is 5.88 Å². The Bertz CT molecular complexity index is 497. The molecule has 0 unspecified atom stereocenters. The number of nitrogens with one attached hydrogen (secondary N) is 1. The SMILES string of the molecule is Cc1cc(OC(C)C)nc(NCc2ccon2)n1. The zero-order valence-electron chi connectivity index (χ0n) is 10.7. The van der Waals surface area contributed by atoms with Crippen molar-refractivity contribution in [2.45, 2.75) is 33.4 Å². The molecule has 0 fully saturated rings. The molecule has 96 valence electrons. The van der Waals surface area contributed by atoms with Crippen LogP contribution in [0, 0.1) is 6.92 Å². The molecule has 6 nitrogen and oxygen atoms in total. The van der Waals surface area contributed by atoms with Crippen LogP contribution in [-0.2, 0) is 6.54 Å². The summed E-state index contributed by atoms with van der Waals surface area (Å²) in [7, 11) is 0. The highest BCUT2D eigenvalue weighted by atomic mass is 16.5. The van der Waals surface area contributed by atoms with Crippen molar-refractivity contribution in [3.63, 3.8) is 0 Å². The zero-order chi connectivity index (χ0) is 13.0. The Kier molecular flexibility index (Phi) is 3.76. The van der Waals surface area contributed by atoms with Gasteiger partial charge in [-0.25, -0.2) is 4.98 Å². The van der Waals surface area contributed by atoms with Crippen LogP contribution in [0.1, 0.15) is 25.2 Å². The maximum Gasteiger partial charge on any atom is 0.226 e. The van der Waals surface area contributed by atoms with Crippen LogP contribution in [0.2, 0.25) is 0 Å². The zero-order valence-corrected chi connectivity index (χ0v) is 10.7. The summed E-state index contributed by atoms with van der Waals surface area (Å²) in [5.74, 6) is 1.09. The lowest BCUT2D eigenvalue weighted by atomic mass is 10.4. The number of anilines is 1. The van der Waals surface area contributed by atoms with Gasteiger partial charge >= 0.3 is 0 Å². The van der Waals surface area contributed by atoms with Gasteiger partial charge in [-0.2, -0.15) is 4.98 Å². The molecule has 0 radical (unpaired) electrons. The van der Waals surface area contributed by atoms with E-state index >= 15 is 0 Å². The molecule has 18 heavy (non-hydrogen) atoms. The topological polar surface area (TPSA) is 73.1 Å². The molecule has 0 amide bonds. The van der Waals surface area contributed by atoms with Crippen molar-refractivity contribution in [1.29, 1.82) is 0 Å². The molecule has 6 heteroatoms. The standard InChI is InChI=1S/C12H16N4O2/c1-8(2)18-11-6-9(3)14-12(15-11)13-7-10-4-5-17-16-10/h4-6,8H,7H2,1-3H3,(H,13,14,15). The maximum atomic E-state index is 5.55. The highest BCUT2D eigenvalue weighted by Gasteiger charge is 2.05. The van der Waals surface area contributed by atoms with Gasteiger partial charge in [0.2, 0.25) is 11.8 Å². The number of ether oxygens (including phenoxy) is 1. The molecule has 0 atom stereocenters. The first kappa shape index (κ1) is 12.3. The second kappa shape index (κ2) is 5.48. The fourth-order valence-corrected chi connectivity index (χ4v) is 1.42. The van der Waals surface area contributed by atoms with Gasteiger partial charge in [0.05, 0.1) is 12.6 Å². The minimum Gasteiger partial charge on any atom is -0.475 e. The molecule has 0 saturated heterocycles. The van der Waals surface area contributed by atoms with Gasteiger partial charge in [-0.1, -0.05) is 5.16 Å². The lowest BCUT2D eigenvalue weighted by Crippen LogP contribution is -2.10. The van der Waals surface area contributed by atoms with E-state index < -0.39 is 0 Å². The largest absolute Gasteiger partial charge is 0.475 e. The molecule has 2 rings (SSSR count). The fourth-order valence-electron chi connectivity index (χ4n) is 1.42. The summed E-state index contributed by atoms with van der Waals surface area (Å²) in [5.41, 5.74) is 1.65. The van der Waals surface area contributed by atoms with Crippen molar-refractivity contribution in [2.75, 3.05) is 5.32 Å². The van der Waals surface area contributed by atoms with E-state index in [1.54, 1.807) is 12.1 Å². The Morgan fingerprint density at radius 2 is 2.22 bits per heavy atom. The van der Waals surface area contributed by atoms with Crippen molar-refractivity contribution in [2.24, 2.45) is 0 Å². The smallest absolute Gasteiger partial charge is 0.226 e. The molecule has 2 aromatic heterocycles. The summed E-state index contributed by atoms with van der Waals surface area (Å²) in [6, 6.07) is 3.59. The highest BCUT2D eigenvalue weighted by Crippen LogP contribution is 2.13. The quantitative estimate of drug-likeness (QED) is 0.874. The van der Waals surface area contributed by atoms with Crippen molar-refractivity contribution in [1.82, 2.24) is 15.1 Å². The van der Waals surface area contributed by atoms with E-state index in [0.717, 1.165) is 11.4 Å². The van der Waals surface area contributed by atoms with E-state index in [0.29, 0.717) is 18.4 Å². The monoisotopic (exact) mass is 248 g/mol. The Balaban J connectivity index is 2.05. The van der Waals surface area contributed by atoms with E-state index in [2.05, 4.69) is 20.4 Å². The lowest BCUT2D eigenvalue weighted by Gasteiger charge is -2.10. The normalized spacial score (nSPS) is 10.7. The molecule has 0 bridgehead atoms. The van der Waals surface area contributed by atoms with Crippen LogP contribution in [0.25, 0.3) is 0 Å². The molecule has 0 aliphatic heterocycles. The van der Waals surface area contributed by atoms with E-state index in [9.17, 15) is 0 Å². The average Bonchev–Trinajstić information content (AvgIpc) is 2.77. The van der Waals surface area contributed by atoms with Crippen molar-refractivity contribution < 1.29 is 9.26 Å². The van der Waals surface area contributed by atoms with Crippen LogP contribution >= 0.6 is 0 Å². The average molecular weight is 248 g/mol. The Hall–Kier alpha value is -2.11. The third-order valence-electron chi connectivity index (χ3n) is 2.11. The van der Waals surface area contributed by atoms with E-state index in [-0.39, 0.29) is 6.10 Å². The number of aromatic nitrogens is 3. The second-order valence-electron chi connectivity index (χ2n) is 4.18. The molecule has 2 heterocycles. The van der Waals surface area contributed by atoms with E-state index in [4.69, 9.17) is 9.26 Å². The summed E-state index contributed by atoms with van der Waals surface area (Å²) in [5, 5.41) is 6.88. The first-order valence-electron chi connectivity index (χ1n) is 5.79. The molecular formula is C12H16N4O2. The molecule has 0 aliphatic carbocycles. The molecule has 0 spiro atoms. The van der Waals surface area contributed by atoms with Crippen LogP contribution < -0.4 is 10.1 Å². The van der Waals surface area contributed by atoms with Gasteiger partial charge in [-0.15, -0.1) is 0 Å². The first-order valence-corrected chi connectivity index (χ1v) is 5.79. The number of rotatable bonds is 5. The molecule has 1 N–H and O–H groups in total. The number of aryl methyl sites for hydroxylation is 1. The Labute approximate surface area is 105 Å². The lowest BCUT2D eigenvalue weighted by molar-refractivity contribution is 0.232. The number of hydrogen-bond donors (Lipinski definition) is 1. The predicted molar refractivity (Wildman–Crippen MR) is 66.4 cm³/mol. The van der Waals surface area contributed by atoms with Crippen LogP contribution in [0.4, 0.5) is 5.95 Å². The third kappa shape index (κ3) is 3.44. The minimum absolute atomic E-state index is 0.0858. The van der Waals surface area contributed by atoms with Crippen molar-refractivity contribution >= 4 is 5.95 Å². The molecule has 2 aromatic rings. The van der Waals surface area contributed by atoms with E-state index in [1.165, 1.54) is 6.26 Å². The summed E-state index contributed by atoms with van der Waals surface area (Å²) in [6.45, 7) is 6.33. The van der Waals surface area contributed by atoms with Gasteiger partial charge in [0.1, 0.15) is 12.0 Å². The van der Waals surface area contributed by atoms with Gasteiger partial charge in [0, 0.05) is 17.8 Å². The number of nitrogens with zero attached hydrogens (tertiary/aromatic N) is 3. The summed E-state index contributed by atoms with van der Waals surface area (Å²) < 4.78 is 10.3. The molecule has 0 saturated carbocycles. The summed E-state index contributed by atoms with van der Waals surface area (Å²) in [6.07, 6.45) is 1.62.